The second-order valence-electron chi connectivity index (χ2n) is 8.54. The number of hydrogen-bond donors (Lipinski definition) is 3. The van der Waals surface area contributed by atoms with Gasteiger partial charge >= 0.3 is 12.2 Å². The maximum Gasteiger partial charge on any atom is 0.418 e. The van der Waals surface area contributed by atoms with Crippen LogP contribution in [0.5, 0.6) is 0 Å². The van der Waals surface area contributed by atoms with Crippen LogP contribution in [0.3, 0.4) is 0 Å². The van der Waals surface area contributed by atoms with Crippen molar-refractivity contribution in [2.45, 2.75) is 57.3 Å². The van der Waals surface area contributed by atoms with Crippen molar-refractivity contribution in [3.8, 4) is 0 Å². The number of aryl methyl sites for hydroxylation is 1. The van der Waals surface area contributed by atoms with Crippen molar-refractivity contribution in [2.75, 3.05) is 23.3 Å². The summed E-state index contributed by atoms with van der Waals surface area (Å²) >= 11 is 0. The van der Waals surface area contributed by atoms with Gasteiger partial charge in [0.25, 0.3) is 0 Å². The van der Waals surface area contributed by atoms with Crippen molar-refractivity contribution < 1.29 is 23.1 Å². The van der Waals surface area contributed by atoms with Gasteiger partial charge in [-0.05, 0) is 67.0 Å². The standard InChI is InChI=1S/C24H28F3N3O2/c25-24(26,27)20-10-7-16(13-22(20)30-11-2-1-3-12-30)15-28-23(32)29-21-6-4-5-17-8-9-18(31)14-19(17)21/h4-7,10,13,18,31H,1-3,8-9,11-12,14-15H2,(H2,28,29,32). The van der Waals surface area contributed by atoms with Crippen molar-refractivity contribution in [3.63, 3.8) is 0 Å². The first-order chi connectivity index (χ1) is 15.3. The zero-order chi connectivity index (χ0) is 22.7. The molecule has 0 radical (unpaired) electrons. The Labute approximate surface area is 185 Å². The molecular weight excluding hydrogens is 419 g/mol. The van der Waals surface area contributed by atoms with E-state index in [1.54, 1.807) is 11.0 Å². The van der Waals surface area contributed by atoms with Gasteiger partial charge in [-0.25, -0.2) is 4.79 Å². The molecule has 1 heterocycles. The number of benzene rings is 2. The molecule has 1 atom stereocenters. The van der Waals surface area contributed by atoms with Crippen molar-refractivity contribution >= 4 is 17.4 Å². The Bertz CT molecular complexity index is 971. The molecule has 4 rings (SSSR count). The van der Waals surface area contributed by atoms with Crippen molar-refractivity contribution in [1.29, 1.82) is 0 Å². The molecule has 2 amide bonds. The topological polar surface area (TPSA) is 64.6 Å². The Balaban J connectivity index is 1.45. The molecule has 0 bridgehead atoms. The van der Waals surface area contributed by atoms with Gasteiger partial charge in [0, 0.05) is 37.4 Å². The van der Waals surface area contributed by atoms with Gasteiger partial charge in [-0.15, -0.1) is 0 Å². The van der Waals surface area contributed by atoms with E-state index in [2.05, 4.69) is 10.6 Å². The third kappa shape index (κ3) is 5.18. The molecule has 0 saturated carbocycles. The molecule has 1 saturated heterocycles. The largest absolute Gasteiger partial charge is 0.418 e. The number of piperidine rings is 1. The number of nitrogens with one attached hydrogen (secondary N) is 2. The Morgan fingerprint density at radius 1 is 1.12 bits per heavy atom. The summed E-state index contributed by atoms with van der Waals surface area (Å²) in [5.74, 6) is 0. The molecule has 0 spiro atoms. The third-order valence-corrected chi connectivity index (χ3v) is 6.23. The normalized spacial score (nSPS) is 18.8. The first-order valence-electron chi connectivity index (χ1n) is 11.1. The number of carbonyl (C=O) groups is 1. The monoisotopic (exact) mass is 447 g/mol. The van der Waals surface area contributed by atoms with Gasteiger partial charge in [-0.1, -0.05) is 18.2 Å². The molecule has 3 N–H and O–H groups in total. The lowest BCUT2D eigenvalue weighted by atomic mass is 9.88. The molecular formula is C24H28F3N3O2. The van der Waals surface area contributed by atoms with E-state index in [4.69, 9.17) is 0 Å². The van der Waals surface area contributed by atoms with Crippen LogP contribution in [0.15, 0.2) is 36.4 Å². The summed E-state index contributed by atoms with van der Waals surface area (Å²) in [4.78, 5) is 14.3. The van der Waals surface area contributed by atoms with Crippen LogP contribution in [0.25, 0.3) is 0 Å². The van der Waals surface area contributed by atoms with Gasteiger partial charge in [0.1, 0.15) is 0 Å². The van der Waals surface area contributed by atoms with Crippen LogP contribution in [0.4, 0.5) is 29.3 Å². The lowest BCUT2D eigenvalue weighted by molar-refractivity contribution is -0.137. The predicted molar refractivity (Wildman–Crippen MR) is 118 cm³/mol. The Morgan fingerprint density at radius 3 is 2.66 bits per heavy atom. The number of urea groups is 1. The average molecular weight is 448 g/mol. The Hall–Kier alpha value is -2.74. The first-order valence-corrected chi connectivity index (χ1v) is 11.1. The molecule has 8 heteroatoms. The van der Waals surface area contributed by atoms with Crippen LogP contribution < -0.4 is 15.5 Å². The Morgan fingerprint density at radius 2 is 1.91 bits per heavy atom. The number of fused-ring (bicyclic) bond motifs is 1. The third-order valence-electron chi connectivity index (χ3n) is 6.23. The second-order valence-corrected chi connectivity index (χ2v) is 8.54. The number of rotatable bonds is 4. The summed E-state index contributed by atoms with van der Waals surface area (Å²) in [6, 6.07) is 9.28. The summed E-state index contributed by atoms with van der Waals surface area (Å²) < 4.78 is 40.6. The van der Waals surface area contributed by atoms with E-state index in [9.17, 15) is 23.1 Å². The van der Waals surface area contributed by atoms with Crippen LogP contribution >= 0.6 is 0 Å². The highest BCUT2D eigenvalue weighted by molar-refractivity contribution is 5.90. The van der Waals surface area contributed by atoms with Crippen molar-refractivity contribution in [2.24, 2.45) is 0 Å². The maximum atomic E-state index is 13.5. The molecule has 1 aliphatic carbocycles. The van der Waals surface area contributed by atoms with Crippen LogP contribution in [-0.4, -0.2) is 30.3 Å². The molecule has 0 aromatic heterocycles. The van der Waals surface area contributed by atoms with Crippen LogP contribution in [0.1, 0.15) is 47.9 Å². The van der Waals surface area contributed by atoms with Gasteiger partial charge in [0.2, 0.25) is 0 Å². The van der Waals surface area contributed by atoms with Gasteiger partial charge in [0.05, 0.1) is 11.7 Å². The molecule has 2 aromatic rings. The van der Waals surface area contributed by atoms with E-state index in [-0.39, 0.29) is 12.2 Å². The summed E-state index contributed by atoms with van der Waals surface area (Å²) in [6.07, 6.45) is -0.115. The summed E-state index contributed by atoms with van der Waals surface area (Å²) in [5, 5.41) is 15.5. The molecule has 32 heavy (non-hydrogen) atoms. The number of hydrogen-bond acceptors (Lipinski definition) is 3. The highest BCUT2D eigenvalue weighted by atomic mass is 19.4. The van der Waals surface area contributed by atoms with Crippen LogP contribution in [0.2, 0.25) is 0 Å². The smallest absolute Gasteiger partial charge is 0.393 e. The molecule has 172 valence electrons. The number of aliphatic hydroxyl groups excluding tert-OH is 1. The van der Waals surface area contributed by atoms with Gasteiger partial charge < -0.3 is 20.6 Å². The van der Waals surface area contributed by atoms with Gasteiger partial charge in [-0.2, -0.15) is 13.2 Å². The van der Waals surface area contributed by atoms with E-state index in [1.165, 1.54) is 12.1 Å². The van der Waals surface area contributed by atoms with E-state index in [1.807, 2.05) is 12.1 Å². The predicted octanol–water partition coefficient (Wildman–Crippen LogP) is 4.87. The minimum absolute atomic E-state index is 0.114. The summed E-state index contributed by atoms with van der Waals surface area (Å²) in [5.41, 5.74) is 2.86. The van der Waals surface area contributed by atoms with E-state index in [0.717, 1.165) is 42.9 Å². The number of alkyl halides is 3. The molecule has 1 unspecified atom stereocenters. The van der Waals surface area contributed by atoms with Crippen molar-refractivity contribution in [1.82, 2.24) is 5.32 Å². The zero-order valence-corrected chi connectivity index (χ0v) is 17.8. The second kappa shape index (κ2) is 9.40. The van der Waals surface area contributed by atoms with Crippen molar-refractivity contribution in [3.05, 3.63) is 58.7 Å². The number of amides is 2. The van der Waals surface area contributed by atoms with Crippen LogP contribution in [0, 0.1) is 0 Å². The quantitative estimate of drug-likeness (QED) is 0.627. The molecule has 2 aromatic carbocycles. The maximum absolute atomic E-state index is 13.5. The average Bonchev–Trinajstić information content (AvgIpc) is 2.78. The Kier molecular flexibility index (Phi) is 6.60. The fourth-order valence-corrected chi connectivity index (χ4v) is 4.56. The number of nitrogens with zero attached hydrogens (tertiary/aromatic N) is 1. The van der Waals surface area contributed by atoms with E-state index >= 15 is 0 Å². The van der Waals surface area contributed by atoms with Crippen LogP contribution in [-0.2, 0) is 25.6 Å². The number of anilines is 2. The SMILES string of the molecule is O=C(NCc1ccc(C(F)(F)F)c(N2CCCCC2)c1)Nc1cccc2c1CC(O)CC2. The minimum atomic E-state index is -4.42. The molecule has 1 fully saturated rings. The van der Waals surface area contributed by atoms with E-state index < -0.39 is 23.9 Å². The minimum Gasteiger partial charge on any atom is -0.393 e. The zero-order valence-electron chi connectivity index (χ0n) is 17.8. The highest BCUT2D eigenvalue weighted by Gasteiger charge is 2.35. The summed E-state index contributed by atoms with van der Waals surface area (Å²) in [7, 11) is 0. The van der Waals surface area contributed by atoms with Gasteiger partial charge in [0.15, 0.2) is 0 Å². The number of aliphatic hydroxyl groups is 1. The van der Waals surface area contributed by atoms with E-state index in [0.29, 0.717) is 37.2 Å². The summed E-state index contributed by atoms with van der Waals surface area (Å²) in [6.45, 7) is 1.32. The molecule has 1 aliphatic heterocycles. The molecule has 5 nitrogen and oxygen atoms in total. The molecule has 2 aliphatic rings. The lowest BCUT2D eigenvalue weighted by Gasteiger charge is -2.31. The van der Waals surface area contributed by atoms with Gasteiger partial charge in [-0.3, -0.25) is 0 Å². The number of carbonyl (C=O) groups excluding carboxylic acids is 1. The fourth-order valence-electron chi connectivity index (χ4n) is 4.56. The lowest BCUT2D eigenvalue weighted by Crippen LogP contribution is -2.32. The highest BCUT2D eigenvalue weighted by Crippen LogP contribution is 2.38. The number of halogens is 3. The fraction of sp³-hybridized carbons (Fsp3) is 0.458. The first kappa shape index (κ1) is 22.5.